The fourth-order valence-electron chi connectivity index (χ4n) is 3.49. The molecule has 1 aliphatic heterocycles. The third-order valence-corrected chi connectivity index (χ3v) is 5.06. The molecule has 1 aliphatic rings. The van der Waals surface area contributed by atoms with E-state index in [0.717, 1.165) is 17.7 Å². The number of nitrogens with one attached hydrogen (secondary N) is 1. The second kappa shape index (κ2) is 9.01. The minimum atomic E-state index is -0.823. The van der Waals surface area contributed by atoms with Crippen LogP contribution in [0.4, 0.5) is 14.5 Å². The molecule has 0 saturated carbocycles. The number of rotatable bonds is 4. The van der Waals surface area contributed by atoms with Gasteiger partial charge in [-0.05, 0) is 44.5 Å². The van der Waals surface area contributed by atoms with Gasteiger partial charge in [0, 0.05) is 49.9 Å². The Labute approximate surface area is 181 Å². The van der Waals surface area contributed by atoms with Crippen LogP contribution in [0, 0.1) is 11.6 Å². The van der Waals surface area contributed by atoms with Crippen LogP contribution in [0.15, 0.2) is 36.4 Å². The quantitative estimate of drug-likeness (QED) is 0.731. The van der Waals surface area contributed by atoms with Crippen LogP contribution in [0.1, 0.15) is 47.1 Å². The molecule has 1 fully saturated rings. The average Bonchev–Trinajstić information content (AvgIpc) is 2.70. The smallest absolute Gasteiger partial charge is 0.257 e. The minimum Gasteiger partial charge on any atom is -0.396 e. The number of nitrogens with two attached hydrogens (primary N) is 1. The van der Waals surface area contributed by atoms with Crippen molar-refractivity contribution in [3.63, 3.8) is 0 Å². The van der Waals surface area contributed by atoms with E-state index in [1.54, 1.807) is 6.07 Å². The SMILES string of the molecule is CC(C)(C)NC(=O)c1cccc(CN2CCN(C(=O)c3cc(F)c(N)cc3F)CC2)c1. The van der Waals surface area contributed by atoms with Gasteiger partial charge < -0.3 is 16.0 Å². The standard InChI is InChI=1S/C23H28F2N4O2/c1-23(2,3)27-21(30)16-6-4-5-15(11-16)14-28-7-9-29(10-8-28)22(31)17-12-19(25)20(26)13-18(17)24/h4-6,11-13H,7-10,14,26H2,1-3H3,(H,27,30). The molecule has 8 heteroatoms. The first kappa shape index (κ1) is 22.7. The fraction of sp³-hybridized carbons (Fsp3) is 0.391. The molecule has 2 aromatic rings. The zero-order valence-electron chi connectivity index (χ0n) is 18.0. The lowest BCUT2D eigenvalue weighted by molar-refractivity contribution is 0.0623. The lowest BCUT2D eigenvalue weighted by Gasteiger charge is -2.35. The van der Waals surface area contributed by atoms with Gasteiger partial charge in [-0.25, -0.2) is 8.78 Å². The van der Waals surface area contributed by atoms with Crippen molar-refractivity contribution in [2.75, 3.05) is 31.9 Å². The first-order valence-corrected chi connectivity index (χ1v) is 10.2. The van der Waals surface area contributed by atoms with Crippen molar-refractivity contribution in [3.05, 3.63) is 64.7 Å². The van der Waals surface area contributed by atoms with Gasteiger partial charge in [-0.2, -0.15) is 0 Å². The molecule has 2 aromatic carbocycles. The molecular formula is C23H28F2N4O2. The normalized spacial score (nSPS) is 15.1. The summed E-state index contributed by atoms with van der Waals surface area (Å²) in [6.45, 7) is 8.39. The van der Waals surface area contributed by atoms with Gasteiger partial charge in [-0.15, -0.1) is 0 Å². The van der Waals surface area contributed by atoms with E-state index in [2.05, 4.69) is 10.2 Å². The topological polar surface area (TPSA) is 78.7 Å². The summed E-state index contributed by atoms with van der Waals surface area (Å²) < 4.78 is 27.7. The molecule has 31 heavy (non-hydrogen) atoms. The maximum atomic E-state index is 14.1. The number of benzene rings is 2. The number of carbonyl (C=O) groups excluding carboxylic acids is 2. The highest BCUT2D eigenvalue weighted by molar-refractivity contribution is 5.95. The highest BCUT2D eigenvalue weighted by atomic mass is 19.1. The summed E-state index contributed by atoms with van der Waals surface area (Å²) >= 11 is 0. The van der Waals surface area contributed by atoms with E-state index in [1.165, 1.54) is 4.90 Å². The number of nitrogens with zero attached hydrogens (tertiary/aromatic N) is 2. The second-order valence-electron chi connectivity index (χ2n) is 8.83. The summed E-state index contributed by atoms with van der Waals surface area (Å²) in [6, 6.07) is 9.14. The number of piperazine rings is 1. The number of nitrogen functional groups attached to an aromatic ring is 1. The van der Waals surface area contributed by atoms with E-state index in [1.807, 2.05) is 39.0 Å². The van der Waals surface area contributed by atoms with Crippen molar-refractivity contribution in [2.45, 2.75) is 32.9 Å². The van der Waals surface area contributed by atoms with Gasteiger partial charge in [-0.1, -0.05) is 12.1 Å². The largest absolute Gasteiger partial charge is 0.396 e. The Kier molecular flexibility index (Phi) is 6.59. The Morgan fingerprint density at radius 1 is 1.03 bits per heavy atom. The monoisotopic (exact) mass is 430 g/mol. The summed E-state index contributed by atoms with van der Waals surface area (Å²) in [7, 11) is 0. The molecule has 1 heterocycles. The number of carbonyl (C=O) groups is 2. The molecule has 3 rings (SSSR count). The molecule has 1 saturated heterocycles. The van der Waals surface area contributed by atoms with Gasteiger partial charge in [0.1, 0.15) is 11.6 Å². The van der Waals surface area contributed by atoms with Gasteiger partial charge in [0.05, 0.1) is 11.3 Å². The van der Waals surface area contributed by atoms with Crippen molar-refractivity contribution < 1.29 is 18.4 Å². The maximum absolute atomic E-state index is 14.1. The van der Waals surface area contributed by atoms with Gasteiger partial charge in [-0.3, -0.25) is 14.5 Å². The van der Waals surface area contributed by atoms with E-state index in [-0.39, 0.29) is 22.7 Å². The molecule has 6 nitrogen and oxygen atoms in total. The zero-order chi connectivity index (χ0) is 22.8. The first-order chi connectivity index (χ1) is 14.5. The summed E-state index contributed by atoms with van der Waals surface area (Å²) in [4.78, 5) is 28.7. The van der Waals surface area contributed by atoms with Crippen LogP contribution in [-0.4, -0.2) is 53.3 Å². The van der Waals surface area contributed by atoms with Gasteiger partial charge in [0.25, 0.3) is 11.8 Å². The Balaban J connectivity index is 1.59. The Morgan fingerprint density at radius 2 is 1.71 bits per heavy atom. The number of amides is 2. The van der Waals surface area contributed by atoms with Crippen LogP contribution in [0.3, 0.4) is 0 Å². The van der Waals surface area contributed by atoms with E-state index in [0.29, 0.717) is 38.3 Å². The lowest BCUT2D eigenvalue weighted by atomic mass is 10.1. The predicted molar refractivity (Wildman–Crippen MR) is 116 cm³/mol. The van der Waals surface area contributed by atoms with Crippen LogP contribution in [0.25, 0.3) is 0 Å². The number of halogens is 2. The molecule has 0 unspecified atom stereocenters. The predicted octanol–water partition coefficient (Wildman–Crippen LogP) is 3.03. The average molecular weight is 430 g/mol. The molecule has 0 atom stereocenters. The zero-order valence-corrected chi connectivity index (χ0v) is 18.0. The van der Waals surface area contributed by atoms with E-state index in [9.17, 15) is 18.4 Å². The van der Waals surface area contributed by atoms with Crippen LogP contribution >= 0.6 is 0 Å². The molecule has 3 N–H and O–H groups in total. The fourth-order valence-corrected chi connectivity index (χ4v) is 3.49. The number of anilines is 1. The third kappa shape index (κ3) is 5.79. The van der Waals surface area contributed by atoms with Crippen molar-refractivity contribution in [1.82, 2.24) is 15.1 Å². The van der Waals surface area contributed by atoms with E-state index < -0.39 is 17.5 Å². The van der Waals surface area contributed by atoms with Crippen molar-refractivity contribution >= 4 is 17.5 Å². The molecule has 2 amide bonds. The van der Waals surface area contributed by atoms with Crippen LogP contribution in [0.2, 0.25) is 0 Å². The molecule has 0 spiro atoms. The highest BCUT2D eigenvalue weighted by Crippen LogP contribution is 2.19. The summed E-state index contributed by atoms with van der Waals surface area (Å²) in [6.07, 6.45) is 0. The van der Waals surface area contributed by atoms with Crippen molar-refractivity contribution in [2.24, 2.45) is 0 Å². The Morgan fingerprint density at radius 3 is 2.35 bits per heavy atom. The first-order valence-electron chi connectivity index (χ1n) is 10.2. The van der Waals surface area contributed by atoms with Gasteiger partial charge in [0.2, 0.25) is 0 Å². The van der Waals surface area contributed by atoms with Crippen LogP contribution in [-0.2, 0) is 6.54 Å². The van der Waals surface area contributed by atoms with Gasteiger partial charge >= 0.3 is 0 Å². The summed E-state index contributed by atoms with van der Waals surface area (Å²) in [5.41, 5.74) is 5.99. The van der Waals surface area contributed by atoms with E-state index >= 15 is 0 Å². The highest BCUT2D eigenvalue weighted by Gasteiger charge is 2.25. The third-order valence-electron chi connectivity index (χ3n) is 5.06. The minimum absolute atomic E-state index is 0.123. The summed E-state index contributed by atoms with van der Waals surface area (Å²) in [5, 5.41) is 2.95. The van der Waals surface area contributed by atoms with Crippen LogP contribution in [0.5, 0.6) is 0 Å². The van der Waals surface area contributed by atoms with Gasteiger partial charge in [0.15, 0.2) is 0 Å². The summed E-state index contributed by atoms with van der Waals surface area (Å²) in [5.74, 6) is -2.30. The Bertz CT molecular complexity index is 980. The molecule has 0 radical (unpaired) electrons. The lowest BCUT2D eigenvalue weighted by Crippen LogP contribution is -2.48. The van der Waals surface area contributed by atoms with Crippen LogP contribution < -0.4 is 11.1 Å². The molecule has 166 valence electrons. The number of hydrogen-bond acceptors (Lipinski definition) is 4. The van der Waals surface area contributed by atoms with E-state index in [4.69, 9.17) is 5.73 Å². The molecule has 0 aliphatic carbocycles. The molecule has 0 aromatic heterocycles. The maximum Gasteiger partial charge on any atom is 0.257 e. The number of hydrogen-bond donors (Lipinski definition) is 2. The van der Waals surface area contributed by atoms with Crippen molar-refractivity contribution in [1.29, 1.82) is 0 Å². The second-order valence-corrected chi connectivity index (χ2v) is 8.83. The van der Waals surface area contributed by atoms with Crippen molar-refractivity contribution in [3.8, 4) is 0 Å². The Hall–Kier alpha value is -3.00. The molecular weight excluding hydrogens is 402 g/mol. The molecule has 0 bridgehead atoms.